The molecule has 0 aromatic carbocycles. The zero-order chi connectivity index (χ0) is 11.1. The highest BCUT2D eigenvalue weighted by molar-refractivity contribution is 6.03. The van der Waals surface area contributed by atoms with Gasteiger partial charge in [-0.25, -0.2) is 0 Å². The molecule has 0 rings (SSSR count). The maximum atomic E-state index is 12.0. The fraction of sp³-hybridized carbons (Fsp3) is 0.667. The number of hydrogen-bond acceptors (Lipinski definition) is 1. The van der Waals surface area contributed by atoms with Crippen LogP contribution in [0.5, 0.6) is 0 Å². The molecule has 0 saturated heterocycles. The second-order valence-corrected chi connectivity index (χ2v) is 2.04. The lowest BCUT2D eigenvalue weighted by atomic mass is 10.1. The van der Waals surface area contributed by atoms with E-state index in [-0.39, 0.29) is 5.57 Å². The summed E-state index contributed by atoms with van der Waals surface area (Å²) in [6.07, 6.45) is -2.94. The standard InChI is InChI=1S/C7H10F3N.C2H6/c1-4-5(2)6(11-3)7(8,9)10;1-2/h4H,1-3H3;1-2H3/b5-4-,11-6?;. The van der Waals surface area contributed by atoms with Gasteiger partial charge in [0.25, 0.3) is 0 Å². The van der Waals surface area contributed by atoms with E-state index >= 15 is 0 Å². The van der Waals surface area contributed by atoms with E-state index < -0.39 is 11.9 Å². The first-order chi connectivity index (χ1) is 5.93. The summed E-state index contributed by atoms with van der Waals surface area (Å²) in [7, 11) is 1.13. The molecule has 0 aliphatic carbocycles. The van der Waals surface area contributed by atoms with E-state index in [1.165, 1.54) is 13.0 Å². The molecule has 0 saturated carbocycles. The van der Waals surface area contributed by atoms with Crippen LogP contribution in [0.2, 0.25) is 0 Å². The van der Waals surface area contributed by atoms with Gasteiger partial charge in [0.2, 0.25) is 0 Å². The van der Waals surface area contributed by atoms with Crippen molar-refractivity contribution in [3.63, 3.8) is 0 Å². The third-order valence-electron chi connectivity index (χ3n) is 1.30. The van der Waals surface area contributed by atoms with Crippen LogP contribution in [-0.2, 0) is 0 Å². The quantitative estimate of drug-likeness (QED) is 0.567. The molecule has 1 nitrogen and oxygen atoms in total. The van der Waals surface area contributed by atoms with Gasteiger partial charge < -0.3 is 0 Å². The van der Waals surface area contributed by atoms with E-state index in [1.54, 1.807) is 6.92 Å². The minimum atomic E-state index is -4.33. The molecule has 0 amide bonds. The van der Waals surface area contributed by atoms with Crippen LogP contribution in [0.15, 0.2) is 16.6 Å². The van der Waals surface area contributed by atoms with E-state index in [2.05, 4.69) is 4.99 Å². The fourth-order valence-corrected chi connectivity index (χ4v) is 0.663. The Hall–Kier alpha value is -0.800. The summed E-state index contributed by atoms with van der Waals surface area (Å²) in [6.45, 7) is 6.93. The number of alkyl halides is 3. The van der Waals surface area contributed by atoms with Crippen LogP contribution >= 0.6 is 0 Å². The molecular formula is C9H16F3N. The van der Waals surface area contributed by atoms with Gasteiger partial charge in [0.1, 0.15) is 5.71 Å². The summed E-state index contributed by atoms with van der Waals surface area (Å²) in [5.41, 5.74) is -0.653. The lowest BCUT2D eigenvalue weighted by molar-refractivity contribution is -0.0583. The number of nitrogens with zero attached hydrogens (tertiary/aromatic N) is 1. The fourth-order valence-electron chi connectivity index (χ4n) is 0.663. The Morgan fingerprint density at radius 3 is 1.69 bits per heavy atom. The number of halogens is 3. The third-order valence-corrected chi connectivity index (χ3v) is 1.30. The highest BCUT2D eigenvalue weighted by Gasteiger charge is 2.35. The van der Waals surface area contributed by atoms with Crippen molar-refractivity contribution >= 4 is 5.71 Å². The molecule has 0 heterocycles. The molecule has 0 aliphatic rings. The summed E-state index contributed by atoms with van der Waals surface area (Å²) < 4.78 is 36.0. The molecule has 0 fully saturated rings. The smallest absolute Gasteiger partial charge is 0.284 e. The molecule has 13 heavy (non-hydrogen) atoms. The number of hydrogen-bond donors (Lipinski definition) is 0. The second kappa shape index (κ2) is 6.69. The predicted octanol–water partition coefficient (Wildman–Crippen LogP) is 3.61. The third kappa shape index (κ3) is 5.44. The lowest BCUT2D eigenvalue weighted by Crippen LogP contribution is -2.23. The van der Waals surface area contributed by atoms with E-state index in [0.717, 1.165) is 7.05 Å². The number of aliphatic imine (C=N–C) groups is 1. The zero-order valence-corrected chi connectivity index (χ0v) is 8.66. The number of rotatable bonds is 1. The molecule has 78 valence electrons. The molecular weight excluding hydrogens is 179 g/mol. The van der Waals surface area contributed by atoms with Crippen LogP contribution in [-0.4, -0.2) is 18.9 Å². The highest BCUT2D eigenvalue weighted by Crippen LogP contribution is 2.21. The van der Waals surface area contributed by atoms with Gasteiger partial charge in [0.15, 0.2) is 0 Å². The van der Waals surface area contributed by atoms with Gasteiger partial charge in [-0.15, -0.1) is 0 Å². The average molecular weight is 195 g/mol. The van der Waals surface area contributed by atoms with Crippen molar-refractivity contribution in [3.05, 3.63) is 11.6 Å². The van der Waals surface area contributed by atoms with Gasteiger partial charge in [-0.3, -0.25) is 4.99 Å². The maximum Gasteiger partial charge on any atom is 0.433 e. The van der Waals surface area contributed by atoms with Crippen molar-refractivity contribution in [2.45, 2.75) is 33.9 Å². The molecule has 0 spiro atoms. The van der Waals surface area contributed by atoms with Gasteiger partial charge in [-0.1, -0.05) is 19.9 Å². The van der Waals surface area contributed by atoms with Crippen molar-refractivity contribution < 1.29 is 13.2 Å². The molecule has 4 heteroatoms. The molecule has 0 aliphatic heterocycles. The van der Waals surface area contributed by atoms with E-state index in [0.29, 0.717) is 0 Å². The first-order valence-electron chi connectivity index (χ1n) is 4.10. The molecule has 0 aromatic heterocycles. The van der Waals surface area contributed by atoms with Crippen molar-refractivity contribution in [2.75, 3.05) is 7.05 Å². The SMILES string of the molecule is C/C=C(/C)C(=NC)C(F)(F)F.CC. The second-order valence-electron chi connectivity index (χ2n) is 2.04. The first kappa shape index (κ1) is 14.7. The van der Waals surface area contributed by atoms with Gasteiger partial charge in [-0.2, -0.15) is 13.2 Å². The van der Waals surface area contributed by atoms with E-state index in [4.69, 9.17) is 0 Å². The Balaban J connectivity index is 0. The predicted molar refractivity (Wildman–Crippen MR) is 50.2 cm³/mol. The van der Waals surface area contributed by atoms with Crippen LogP contribution in [0.4, 0.5) is 13.2 Å². The average Bonchev–Trinajstić information content (AvgIpc) is 2.06. The van der Waals surface area contributed by atoms with Gasteiger partial charge in [0, 0.05) is 7.05 Å². The summed E-state index contributed by atoms with van der Waals surface area (Å²) in [6, 6.07) is 0. The summed E-state index contributed by atoms with van der Waals surface area (Å²) in [5.74, 6) is 0. The first-order valence-corrected chi connectivity index (χ1v) is 4.10. The lowest BCUT2D eigenvalue weighted by Gasteiger charge is -2.08. The van der Waals surface area contributed by atoms with E-state index in [1.807, 2.05) is 13.8 Å². The summed E-state index contributed by atoms with van der Waals surface area (Å²) in [5, 5.41) is 0. The minimum absolute atomic E-state index is 0.153. The monoisotopic (exact) mass is 195 g/mol. The van der Waals surface area contributed by atoms with Crippen molar-refractivity contribution in [2.24, 2.45) is 4.99 Å². The molecule has 0 atom stereocenters. The highest BCUT2D eigenvalue weighted by atomic mass is 19.4. The molecule has 0 unspecified atom stereocenters. The van der Waals surface area contributed by atoms with Crippen LogP contribution in [0.3, 0.4) is 0 Å². The normalized spacial score (nSPS) is 13.5. The Kier molecular flexibility index (Phi) is 7.57. The van der Waals surface area contributed by atoms with Gasteiger partial charge in [-0.05, 0) is 19.4 Å². The van der Waals surface area contributed by atoms with Gasteiger partial charge >= 0.3 is 6.18 Å². The summed E-state index contributed by atoms with van der Waals surface area (Å²) in [4.78, 5) is 3.15. The largest absolute Gasteiger partial charge is 0.433 e. The van der Waals surface area contributed by atoms with Crippen LogP contribution in [0, 0.1) is 0 Å². The van der Waals surface area contributed by atoms with Crippen LogP contribution in [0.25, 0.3) is 0 Å². The topological polar surface area (TPSA) is 12.4 Å². The van der Waals surface area contributed by atoms with Crippen molar-refractivity contribution in [1.82, 2.24) is 0 Å². The molecule has 0 radical (unpaired) electrons. The minimum Gasteiger partial charge on any atom is -0.284 e. The van der Waals surface area contributed by atoms with Crippen LogP contribution < -0.4 is 0 Å². The Labute approximate surface area is 77.4 Å². The van der Waals surface area contributed by atoms with Crippen LogP contribution in [0.1, 0.15) is 27.7 Å². The Bertz CT molecular complexity index is 190. The molecule has 0 bridgehead atoms. The zero-order valence-electron chi connectivity index (χ0n) is 8.66. The Morgan fingerprint density at radius 1 is 1.23 bits per heavy atom. The van der Waals surface area contributed by atoms with Gasteiger partial charge in [0.05, 0.1) is 0 Å². The molecule has 0 N–H and O–H groups in total. The maximum absolute atomic E-state index is 12.0. The van der Waals surface area contributed by atoms with E-state index in [9.17, 15) is 13.2 Å². The van der Waals surface area contributed by atoms with Crippen molar-refractivity contribution in [3.8, 4) is 0 Å². The number of allylic oxidation sites excluding steroid dienone is 2. The molecule has 0 aromatic rings. The Morgan fingerprint density at radius 2 is 1.62 bits per heavy atom. The summed E-state index contributed by atoms with van der Waals surface area (Å²) >= 11 is 0. The van der Waals surface area contributed by atoms with Crippen molar-refractivity contribution in [1.29, 1.82) is 0 Å².